The van der Waals surface area contributed by atoms with Gasteiger partial charge in [0, 0.05) is 10.7 Å². The van der Waals surface area contributed by atoms with Gasteiger partial charge in [-0.1, -0.05) is 18.0 Å². The first-order valence-electron chi connectivity index (χ1n) is 7.96. The van der Waals surface area contributed by atoms with Gasteiger partial charge in [-0.2, -0.15) is 0 Å². The summed E-state index contributed by atoms with van der Waals surface area (Å²) in [5, 5.41) is 3.20. The minimum absolute atomic E-state index is 0.0468. The van der Waals surface area contributed by atoms with E-state index in [2.05, 4.69) is 10.3 Å². The van der Waals surface area contributed by atoms with Gasteiger partial charge >= 0.3 is 0 Å². The summed E-state index contributed by atoms with van der Waals surface area (Å²) in [4.78, 5) is 26.9. The van der Waals surface area contributed by atoms with E-state index in [0.717, 1.165) is 0 Å². The van der Waals surface area contributed by atoms with Gasteiger partial charge in [0.25, 0.3) is 11.5 Å². The molecule has 1 aromatic heterocycles. The smallest absolute Gasteiger partial charge is 0.261 e. The molecule has 2 aromatic rings. The quantitative estimate of drug-likeness (QED) is 0.865. The summed E-state index contributed by atoms with van der Waals surface area (Å²) < 4.78 is 5.82. The van der Waals surface area contributed by atoms with Gasteiger partial charge in [0.15, 0.2) is 0 Å². The standard InChI is InChI=1S/C18H19ClN2O3/c1-11-5-7-14(17(22)20-11)18(23)21-15-9-13(19)6-8-16(15)24-10-12-3-2-4-12/h5-9,12H,2-4,10H2,1H3,(H,20,22)(H,21,23). The van der Waals surface area contributed by atoms with Gasteiger partial charge in [0.2, 0.25) is 0 Å². The zero-order valence-corrected chi connectivity index (χ0v) is 14.2. The molecule has 1 heterocycles. The van der Waals surface area contributed by atoms with Crippen molar-refractivity contribution in [2.24, 2.45) is 5.92 Å². The fraction of sp³-hybridized carbons (Fsp3) is 0.333. The molecule has 6 heteroatoms. The number of carbonyl (C=O) groups excluding carboxylic acids is 1. The van der Waals surface area contributed by atoms with Crippen molar-refractivity contribution >= 4 is 23.2 Å². The monoisotopic (exact) mass is 346 g/mol. The predicted molar refractivity (Wildman–Crippen MR) is 94.0 cm³/mol. The molecule has 0 saturated heterocycles. The first-order valence-corrected chi connectivity index (χ1v) is 8.34. The molecule has 1 amide bonds. The summed E-state index contributed by atoms with van der Waals surface area (Å²) in [6.45, 7) is 2.38. The summed E-state index contributed by atoms with van der Waals surface area (Å²) in [6.07, 6.45) is 3.59. The number of nitrogens with one attached hydrogen (secondary N) is 2. The van der Waals surface area contributed by atoms with Crippen LogP contribution in [-0.4, -0.2) is 17.5 Å². The average molecular weight is 347 g/mol. The second-order valence-electron chi connectivity index (χ2n) is 6.09. The molecule has 24 heavy (non-hydrogen) atoms. The van der Waals surface area contributed by atoms with Crippen LogP contribution in [0.1, 0.15) is 35.3 Å². The average Bonchev–Trinajstić information content (AvgIpc) is 2.47. The molecule has 0 unspecified atom stereocenters. The third kappa shape index (κ3) is 3.79. The summed E-state index contributed by atoms with van der Waals surface area (Å²) >= 11 is 6.02. The number of H-pyrrole nitrogens is 1. The highest BCUT2D eigenvalue weighted by molar-refractivity contribution is 6.31. The van der Waals surface area contributed by atoms with Crippen LogP contribution in [0.2, 0.25) is 5.02 Å². The van der Waals surface area contributed by atoms with Gasteiger partial charge in [-0.3, -0.25) is 9.59 Å². The molecule has 0 aliphatic heterocycles. The van der Waals surface area contributed by atoms with Crippen molar-refractivity contribution in [3.05, 3.63) is 57.0 Å². The van der Waals surface area contributed by atoms with Crippen LogP contribution < -0.4 is 15.6 Å². The third-order valence-electron chi connectivity index (χ3n) is 4.19. The Balaban J connectivity index is 1.78. The number of pyridine rings is 1. The van der Waals surface area contributed by atoms with E-state index in [1.54, 1.807) is 31.2 Å². The van der Waals surface area contributed by atoms with Crippen molar-refractivity contribution in [3.8, 4) is 5.75 Å². The number of amides is 1. The van der Waals surface area contributed by atoms with Gasteiger partial charge < -0.3 is 15.0 Å². The minimum Gasteiger partial charge on any atom is -0.491 e. The number of halogens is 1. The summed E-state index contributed by atoms with van der Waals surface area (Å²) in [7, 11) is 0. The Bertz CT molecular complexity index is 812. The largest absolute Gasteiger partial charge is 0.491 e. The van der Waals surface area contributed by atoms with E-state index in [0.29, 0.717) is 34.7 Å². The Kier molecular flexibility index (Phi) is 4.90. The topological polar surface area (TPSA) is 71.2 Å². The Hall–Kier alpha value is -2.27. The summed E-state index contributed by atoms with van der Waals surface area (Å²) in [6, 6.07) is 8.26. The third-order valence-corrected chi connectivity index (χ3v) is 4.42. The molecular weight excluding hydrogens is 328 g/mol. The van der Waals surface area contributed by atoms with E-state index >= 15 is 0 Å². The van der Waals surface area contributed by atoms with Crippen molar-refractivity contribution in [1.29, 1.82) is 0 Å². The van der Waals surface area contributed by atoms with Gasteiger partial charge in [0.05, 0.1) is 12.3 Å². The van der Waals surface area contributed by atoms with Gasteiger partial charge in [-0.15, -0.1) is 0 Å². The number of hydrogen-bond acceptors (Lipinski definition) is 3. The molecule has 126 valence electrons. The maximum atomic E-state index is 12.4. The molecule has 0 atom stereocenters. The van der Waals surface area contributed by atoms with E-state index in [9.17, 15) is 9.59 Å². The zero-order valence-electron chi connectivity index (χ0n) is 13.4. The number of aromatic amines is 1. The Labute approximate surface area is 145 Å². The second kappa shape index (κ2) is 7.09. The minimum atomic E-state index is -0.494. The Morgan fingerprint density at radius 3 is 2.79 bits per heavy atom. The molecule has 1 aliphatic rings. The van der Waals surface area contributed by atoms with Gasteiger partial charge in [-0.05, 0) is 56.0 Å². The first kappa shape index (κ1) is 16.6. The van der Waals surface area contributed by atoms with Crippen LogP contribution in [0.4, 0.5) is 5.69 Å². The number of aryl methyl sites for hydroxylation is 1. The predicted octanol–water partition coefficient (Wildman–Crippen LogP) is 3.77. The van der Waals surface area contributed by atoms with E-state index in [4.69, 9.17) is 16.3 Å². The molecule has 1 aromatic carbocycles. The van der Waals surface area contributed by atoms with Crippen LogP contribution in [0.25, 0.3) is 0 Å². The number of hydrogen-bond donors (Lipinski definition) is 2. The number of ether oxygens (including phenoxy) is 1. The highest BCUT2D eigenvalue weighted by Crippen LogP contribution is 2.31. The lowest BCUT2D eigenvalue weighted by Gasteiger charge is -2.25. The van der Waals surface area contributed by atoms with Crippen LogP contribution in [0.15, 0.2) is 35.1 Å². The van der Waals surface area contributed by atoms with E-state index in [-0.39, 0.29) is 5.56 Å². The molecule has 0 bridgehead atoms. The highest BCUT2D eigenvalue weighted by Gasteiger charge is 2.19. The molecule has 2 N–H and O–H groups in total. The van der Waals surface area contributed by atoms with Crippen LogP contribution >= 0.6 is 11.6 Å². The van der Waals surface area contributed by atoms with Crippen LogP contribution in [0.5, 0.6) is 5.75 Å². The van der Waals surface area contributed by atoms with Gasteiger partial charge in [0.1, 0.15) is 11.3 Å². The molecule has 0 spiro atoms. The molecule has 3 rings (SSSR count). The van der Waals surface area contributed by atoms with Crippen molar-refractivity contribution in [3.63, 3.8) is 0 Å². The maximum Gasteiger partial charge on any atom is 0.261 e. The molecule has 0 radical (unpaired) electrons. The summed E-state index contributed by atoms with van der Waals surface area (Å²) in [5.74, 6) is 0.638. The van der Waals surface area contributed by atoms with Crippen LogP contribution in [0.3, 0.4) is 0 Å². The molecular formula is C18H19ClN2O3. The molecule has 5 nitrogen and oxygen atoms in total. The van der Waals surface area contributed by atoms with E-state index < -0.39 is 11.5 Å². The lowest BCUT2D eigenvalue weighted by atomic mass is 9.86. The maximum absolute atomic E-state index is 12.4. The molecule has 1 saturated carbocycles. The Morgan fingerprint density at radius 1 is 1.33 bits per heavy atom. The highest BCUT2D eigenvalue weighted by atomic mass is 35.5. The van der Waals surface area contributed by atoms with Crippen molar-refractivity contribution in [2.75, 3.05) is 11.9 Å². The lowest BCUT2D eigenvalue weighted by Crippen LogP contribution is -2.24. The number of benzene rings is 1. The van der Waals surface area contributed by atoms with Crippen molar-refractivity contribution in [2.45, 2.75) is 26.2 Å². The zero-order chi connectivity index (χ0) is 17.1. The van der Waals surface area contributed by atoms with Crippen LogP contribution in [-0.2, 0) is 0 Å². The van der Waals surface area contributed by atoms with Crippen molar-refractivity contribution < 1.29 is 9.53 Å². The van der Waals surface area contributed by atoms with E-state index in [1.165, 1.54) is 25.3 Å². The summed E-state index contributed by atoms with van der Waals surface area (Å²) in [5.41, 5.74) is 0.785. The van der Waals surface area contributed by atoms with Gasteiger partial charge in [-0.25, -0.2) is 0 Å². The molecule has 1 aliphatic carbocycles. The Morgan fingerprint density at radius 2 is 2.12 bits per heavy atom. The number of aromatic nitrogens is 1. The van der Waals surface area contributed by atoms with Crippen LogP contribution in [0, 0.1) is 12.8 Å². The van der Waals surface area contributed by atoms with E-state index in [1.807, 2.05) is 0 Å². The van der Waals surface area contributed by atoms with Crippen molar-refractivity contribution in [1.82, 2.24) is 4.98 Å². The number of rotatable bonds is 5. The number of anilines is 1. The SMILES string of the molecule is Cc1ccc(C(=O)Nc2cc(Cl)ccc2OCC2CCC2)c(=O)[nH]1. The fourth-order valence-electron chi connectivity index (χ4n) is 2.53. The normalized spacial score (nSPS) is 14.1. The number of carbonyl (C=O) groups is 1. The molecule has 1 fully saturated rings. The lowest BCUT2D eigenvalue weighted by molar-refractivity contribution is 0.102. The first-order chi connectivity index (χ1) is 11.5. The fourth-order valence-corrected chi connectivity index (χ4v) is 2.71. The second-order valence-corrected chi connectivity index (χ2v) is 6.52.